The Labute approximate surface area is 188 Å². The van der Waals surface area contributed by atoms with E-state index < -0.39 is 0 Å². The highest BCUT2D eigenvalue weighted by Crippen LogP contribution is 2.26. The lowest BCUT2D eigenvalue weighted by Gasteiger charge is -2.02. The van der Waals surface area contributed by atoms with Crippen molar-refractivity contribution in [3.63, 3.8) is 0 Å². The second-order valence-electron chi connectivity index (χ2n) is 5.90. The van der Waals surface area contributed by atoms with E-state index in [2.05, 4.69) is 12.1 Å². The Hall–Kier alpha value is -2.51. The molecule has 1 nitrogen and oxygen atoms in total. The number of phenols is 1. The summed E-state index contributed by atoms with van der Waals surface area (Å²) < 4.78 is 0. The van der Waals surface area contributed by atoms with Gasteiger partial charge in [-0.25, -0.2) is 0 Å². The van der Waals surface area contributed by atoms with E-state index in [1.165, 1.54) is 10.8 Å². The lowest BCUT2D eigenvalue weighted by atomic mass is 10.1. The third-order valence-electron chi connectivity index (χ3n) is 4.12. The highest BCUT2D eigenvalue weighted by Gasteiger charge is 1.99. The van der Waals surface area contributed by atoms with Gasteiger partial charge < -0.3 is 5.11 Å². The first-order chi connectivity index (χ1) is 14.6. The van der Waals surface area contributed by atoms with Crippen molar-refractivity contribution >= 4 is 33.1 Å². The first-order valence-corrected chi connectivity index (χ1v) is 11.3. The first kappa shape index (κ1) is 27.5. The molecule has 0 atom stereocenters. The van der Waals surface area contributed by atoms with Gasteiger partial charge in [0.15, 0.2) is 0 Å². The van der Waals surface area contributed by atoms with E-state index in [1.54, 1.807) is 6.07 Å². The molecule has 4 aromatic carbocycles. The molecule has 0 radical (unpaired) electrons. The molecular formula is C28H37ClO. The molecule has 162 valence electrons. The monoisotopic (exact) mass is 424 g/mol. The number of hydrogen-bond acceptors (Lipinski definition) is 1. The van der Waals surface area contributed by atoms with Crippen LogP contribution in [-0.2, 0) is 0 Å². The number of fused-ring (bicyclic) bond motifs is 2. The molecule has 0 bridgehead atoms. The fraction of sp³-hybridized carbons (Fsp3) is 0.286. The summed E-state index contributed by atoms with van der Waals surface area (Å²) in [6.07, 6.45) is 0. The molecule has 0 fully saturated rings. The van der Waals surface area contributed by atoms with E-state index in [0.29, 0.717) is 5.75 Å². The van der Waals surface area contributed by atoms with E-state index in [1.807, 2.05) is 110 Å². The smallest absolute Gasteiger partial charge is 0.119 e. The van der Waals surface area contributed by atoms with Crippen LogP contribution in [0.1, 0.15) is 52.7 Å². The number of rotatable bonds is 0. The summed E-state index contributed by atoms with van der Waals surface area (Å²) >= 11 is 6.13. The Morgan fingerprint density at radius 1 is 0.567 bits per heavy atom. The zero-order valence-electron chi connectivity index (χ0n) is 19.8. The van der Waals surface area contributed by atoms with Gasteiger partial charge in [0.05, 0.1) is 5.02 Å². The standard InChI is InChI=1S/C11H9Cl.C11H10O.3C2H6/c1-8-6-7-9-4-2-3-5-10(9)11(8)12;1-8-6-9-4-2-3-5-10(9)7-11(8)12;3*1-2/h2-7H,1H3;2-7,12H,1H3;3*1-2H3. The van der Waals surface area contributed by atoms with Gasteiger partial charge in [0.2, 0.25) is 0 Å². The maximum Gasteiger partial charge on any atom is 0.119 e. The maximum atomic E-state index is 9.42. The Bertz CT molecular complexity index is 957. The van der Waals surface area contributed by atoms with Gasteiger partial charge >= 0.3 is 0 Å². The lowest BCUT2D eigenvalue weighted by Crippen LogP contribution is -1.77. The van der Waals surface area contributed by atoms with E-state index >= 15 is 0 Å². The van der Waals surface area contributed by atoms with Gasteiger partial charge in [-0.1, -0.05) is 114 Å². The van der Waals surface area contributed by atoms with E-state index in [0.717, 1.165) is 26.9 Å². The van der Waals surface area contributed by atoms with Crippen LogP contribution in [0.5, 0.6) is 5.75 Å². The second-order valence-corrected chi connectivity index (χ2v) is 6.28. The quantitative estimate of drug-likeness (QED) is 0.297. The molecule has 0 aliphatic carbocycles. The summed E-state index contributed by atoms with van der Waals surface area (Å²) in [6, 6.07) is 24.1. The lowest BCUT2D eigenvalue weighted by molar-refractivity contribution is 0.472. The Kier molecular flexibility index (Phi) is 14.1. The summed E-state index contributed by atoms with van der Waals surface area (Å²) in [6.45, 7) is 15.9. The predicted molar refractivity (Wildman–Crippen MR) is 138 cm³/mol. The van der Waals surface area contributed by atoms with Crippen molar-refractivity contribution in [1.29, 1.82) is 0 Å². The molecule has 4 aromatic rings. The Morgan fingerprint density at radius 3 is 1.60 bits per heavy atom. The molecule has 0 saturated heterocycles. The summed E-state index contributed by atoms with van der Waals surface area (Å²) in [5.74, 6) is 0.369. The Morgan fingerprint density at radius 2 is 1.03 bits per heavy atom. The summed E-state index contributed by atoms with van der Waals surface area (Å²) in [5.41, 5.74) is 2.06. The number of benzene rings is 4. The summed E-state index contributed by atoms with van der Waals surface area (Å²) in [4.78, 5) is 0. The van der Waals surface area contributed by atoms with Crippen molar-refractivity contribution in [2.24, 2.45) is 0 Å². The van der Waals surface area contributed by atoms with Crippen molar-refractivity contribution in [1.82, 2.24) is 0 Å². The van der Waals surface area contributed by atoms with Gasteiger partial charge in [0, 0.05) is 5.39 Å². The molecule has 0 saturated carbocycles. The van der Waals surface area contributed by atoms with Crippen molar-refractivity contribution < 1.29 is 5.11 Å². The average Bonchev–Trinajstić information content (AvgIpc) is 2.82. The molecular weight excluding hydrogens is 388 g/mol. The highest BCUT2D eigenvalue weighted by molar-refractivity contribution is 6.36. The molecule has 0 amide bonds. The number of aryl methyl sites for hydroxylation is 2. The fourth-order valence-electron chi connectivity index (χ4n) is 2.68. The van der Waals surface area contributed by atoms with Crippen LogP contribution in [0.4, 0.5) is 0 Å². The SMILES string of the molecule is CC.CC.CC.Cc1cc2ccccc2cc1O.Cc1ccc2ccccc2c1Cl. The second kappa shape index (κ2) is 15.3. The Balaban J connectivity index is 0.000000450. The topological polar surface area (TPSA) is 20.2 Å². The molecule has 0 spiro atoms. The van der Waals surface area contributed by atoms with E-state index in [4.69, 9.17) is 11.6 Å². The molecule has 2 heteroatoms. The zero-order valence-corrected chi connectivity index (χ0v) is 20.5. The molecule has 4 rings (SSSR count). The van der Waals surface area contributed by atoms with Crippen LogP contribution in [0.15, 0.2) is 72.8 Å². The minimum atomic E-state index is 0.369. The van der Waals surface area contributed by atoms with E-state index in [-0.39, 0.29) is 0 Å². The number of hydrogen-bond donors (Lipinski definition) is 1. The number of halogens is 1. The molecule has 0 aliphatic rings. The third kappa shape index (κ3) is 7.72. The maximum absolute atomic E-state index is 9.42. The van der Waals surface area contributed by atoms with Crippen LogP contribution in [-0.4, -0.2) is 5.11 Å². The van der Waals surface area contributed by atoms with E-state index in [9.17, 15) is 5.11 Å². The molecule has 0 aliphatic heterocycles. The predicted octanol–water partition coefficient (Wildman–Crippen LogP) is 9.73. The average molecular weight is 425 g/mol. The normalized spacial score (nSPS) is 8.97. The van der Waals surface area contributed by atoms with Gasteiger partial charge in [-0.2, -0.15) is 0 Å². The van der Waals surface area contributed by atoms with Crippen molar-refractivity contribution in [2.45, 2.75) is 55.4 Å². The minimum absolute atomic E-state index is 0.369. The van der Waals surface area contributed by atoms with Crippen molar-refractivity contribution in [3.8, 4) is 5.75 Å². The zero-order chi connectivity index (χ0) is 23.1. The van der Waals surface area contributed by atoms with Gasteiger partial charge in [0.25, 0.3) is 0 Å². The number of aromatic hydroxyl groups is 1. The summed E-state index contributed by atoms with van der Waals surface area (Å²) in [7, 11) is 0. The summed E-state index contributed by atoms with van der Waals surface area (Å²) in [5, 5.41) is 14.9. The largest absolute Gasteiger partial charge is 0.508 e. The highest BCUT2D eigenvalue weighted by atomic mass is 35.5. The number of phenolic OH excluding ortho intramolecular Hbond substituents is 1. The van der Waals surface area contributed by atoms with Crippen LogP contribution < -0.4 is 0 Å². The fourth-order valence-corrected chi connectivity index (χ4v) is 2.92. The van der Waals surface area contributed by atoms with Crippen molar-refractivity contribution in [3.05, 3.63) is 88.9 Å². The molecule has 0 unspecified atom stereocenters. The van der Waals surface area contributed by atoms with Gasteiger partial charge in [-0.3, -0.25) is 0 Å². The van der Waals surface area contributed by atoms with Gasteiger partial charge in [-0.15, -0.1) is 0 Å². The first-order valence-electron chi connectivity index (χ1n) is 10.9. The van der Waals surface area contributed by atoms with Crippen LogP contribution in [0.25, 0.3) is 21.5 Å². The van der Waals surface area contributed by atoms with Crippen LogP contribution >= 0.6 is 11.6 Å². The molecule has 30 heavy (non-hydrogen) atoms. The van der Waals surface area contributed by atoms with Gasteiger partial charge in [-0.05, 0) is 53.3 Å². The minimum Gasteiger partial charge on any atom is -0.508 e. The third-order valence-corrected chi connectivity index (χ3v) is 4.62. The van der Waals surface area contributed by atoms with Crippen LogP contribution in [0, 0.1) is 13.8 Å². The van der Waals surface area contributed by atoms with Gasteiger partial charge in [0.1, 0.15) is 5.75 Å². The molecule has 1 N–H and O–H groups in total. The van der Waals surface area contributed by atoms with Crippen molar-refractivity contribution in [2.75, 3.05) is 0 Å². The van der Waals surface area contributed by atoms with Crippen LogP contribution in [0.3, 0.4) is 0 Å². The molecule has 0 aromatic heterocycles. The molecule has 0 heterocycles. The van der Waals surface area contributed by atoms with Crippen LogP contribution in [0.2, 0.25) is 5.02 Å².